The van der Waals surface area contributed by atoms with Gasteiger partial charge in [0.15, 0.2) is 0 Å². The third kappa shape index (κ3) is 2.99. The Morgan fingerprint density at radius 2 is 2.12 bits per heavy atom. The first kappa shape index (κ1) is 12.4. The SMILES string of the molecule is CN(CC(O)CCN)c1ccc2c(c1)CCC2. The predicted molar refractivity (Wildman–Crippen MR) is 71.4 cm³/mol. The largest absolute Gasteiger partial charge is 0.391 e. The van der Waals surface area contributed by atoms with Crippen molar-refractivity contribution in [2.45, 2.75) is 31.8 Å². The molecule has 1 aromatic rings. The van der Waals surface area contributed by atoms with Gasteiger partial charge in [-0.3, -0.25) is 0 Å². The van der Waals surface area contributed by atoms with E-state index in [1.807, 2.05) is 7.05 Å². The summed E-state index contributed by atoms with van der Waals surface area (Å²) >= 11 is 0. The molecule has 1 aromatic carbocycles. The number of hydrogen-bond acceptors (Lipinski definition) is 3. The fourth-order valence-electron chi connectivity index (χ4n) is 2.50. The number of fused-ring (bicyclic) bond motifs is 1. The van der Waals surface area contributed by atoms with Gasteiger partial charge in [0.05, 0.1) is 6.10 Å². The van der Waals surface area contributed by atoms with Gasteiger partial charge in [-0.15, -0.1) is 0 Å². The number of benzene rings is 1. The van der Waals surface area contributed by atoms with Crippen LogP contribution in [0.5, 0.6) is 0 Å². The van der Waals surface area contributed by atoms with Gasteiger partial charge >= 0.3 is 0 Å². The summed E-state index contributed by atoms with van der Waals surface area (Å²) < 4.78 is 0. The van der Waals surface area contributed by atoms with Gasteiger partial charge in [-0.25, -0.2) is 0 Å². The minimum atomic E-state index is -0.335. The molecule has 3 heteroatoms. The lowest BCUT2D eigenvalue weighted by atomic mass is 10.1. The number of likely N-dealkylation sites (N-methyl/N-ethyl adjacent to an activating group) is 1. The number of aryl methyl sites for hydroxylation is 2. The summed E-state index contributed by atoms with van der Waals surface area (Å²) in [5, 5.41) is 9.75. The highest BCUT2D eigenvalue weighted by Gasteiger charge is 2.13. The van der Waals surface area contributed by atoms with Crippen LogP contribution in [0.25, 0.3) is 0 Å². The molecule has 0 saturated heterocycles. The van der Waals surface area contributed by atoms with Crippen LogP contribution in [-0.2, 0) is 12.8 Å². The van der Waals surface area contributed by atoms with Gasteiger partial charge in [0.25, 0.3) is 0 Å². The first-order chi connectivity index (χ1) is 8.20. The Morgan fingerprint density at radius 3 is 2.88 bits per heavy atom. The summed E-state index contributed by atoms with van der Waals surface area (Å²) in [7, 11) is 2.02. The summed E-state index contributed by atoms with van der Waals surface area (Å²) in [6.07, 6.45) is 4.02. The quantitative estimate of drug-likeness (QED) is 0.808. The number of aliphatic hydroxyl groups excluding tert-OH is 1. The highest BCUT2D eigenvalue weighted by molar-refractivity contribution is 5.51. The number of hydrogen-bond donors (Lipinski definition) is 2. The van der Waals surface area contributed by atoms with E-state index in [4.69, 9.17) is 5.73 Å². The number of anilines is 1. The van der Waals surface area contributed by atoms with E-state index in [0.717, 1.165) is 0 Å². The van der Waals surface area contributed by atoms with E-state index in [1.165, 1.54) is 36.1 Å². The Kier molecular flexibility index (Phi) is 4.02. The maximum atomic E-state index is 9.75. The molecule has 94 valence electrons. The second kappa shape index (κ2) is 5.52. The molecule has 3 N–H and O–H groups in total. The van der Waals surface area contributed by atoms with Crippen LogP contribution >= 0.6 is 0 Å². The average molecular weight is 234 g/mol. The van der Waals surface area contributed by atoms with Crippen molar-refractivity contribution in [1.29, 1.82) is 0 Å². The van der Waals surface area contributed by atoms with Gasteiger partial charge in [0.2, 0.25) is 0 Å². The molecule has 1 unspecified atom stereocenters. The van der Waals surface area contributed by atoms with Gasteiger partial charge < -0.3 is 15.7 Å². The minimum Gasteiger partial charge on any atom is -0.391 e. The second-order valence-electron chi connectivity index (χ2n) is 4.92. The van der Waals surface area contributed by atoms with Crippen molar-refractivity contribution in [3.63, 3.8) is 0 Å². The lowest BCUT2D eigenvalue weighted by Crippen LogP contribution is -2.30. The third-order valence-electron chi connectivity index (χ3n) is 3.51. The van der Waals surface area contributed by atoms with Crippen molar-refractivity contribution >= 4 is 5.69 Å². The number of aliphatic hydroxyl groups is 1. The molecular weight excluding hydrogens is 212 g/mol. The van der Waals surface area contributed by atoms with Crippen molar-refractivity contribution < 1.29 is 5.11 Å². The zero-order valence-electron chi connectivity index (χ0n) is 10.5. The monoisotopic (exact) mass is 234 g/mol. The maximum absolute atomic E-state index is 9.75. The summed E-state index contributed by atoms with van der Waals surface area (Å²) in [4.78, 5) is 2.11. The first-order valence-corrected chi connectivity index (χ1v) is 6.42. The minimum absolute atomic E-state index is 0.335. The molecule has 0 spiro atoms. The zero-order valence-corrected chi connectivity index (χ0v) is 10.5. The van der Waals surface area contributed by atoms with E-state index >= 15 is 0 Å². The van der Waals surface area contributed by atoms with E-state index in [0.29, 0.717) is 19.5 Å². The van der Waals surface area contributed by atoms with E-state index in [1.54, 1.807) is 0 Å². The molecule has 0 aromatic heterocycles. The van der Waals surface area contributed by atoms with E-state index in [-0.39, 0.29) is 6.10 Å². The molecule has 1 aliphatic rings. The second-order valence-corrected chi connectivity index (χ2v) is 4.92. The molecule has 0 saturated carbocycles. The van der Waals surface area contributed by atoms with E-state index < -0.39 is 0 Å². The molecule has 2 rings (SSSR count). The van der Waals surface area contributed by atoms with Crippen LogP contribution in [-0.4, -0.2) is 31.3 Å². The van der Waals surface area contributed by atoms with E-state index in [9.17, 15) is 5.11 Å². The number of nitrogens with zero attached hydrogens (tertiary/aromatic N) is 1. The summed E-state index contributed by atoms with van der Waals surface area (Å²) in [5.74, 6) is 0. The summed E-state index contributed by atoms with van der Waals surface area (Å²) in [5.41, 5.74) is 9.60. The van der Waals surface area contributed by atoms with Crippen LogP contribution in [0.15, 0.2) is 18.2 Å². The molecule has 17 heavy (non-hydrogen) atoms. The fourth-order valence-corrected chi connectivity index (χ4v) is 2.50. The topological polar surface area (TPSA) is 49.5 Å². The van der Waals surface area contributed by atoms with Gasteiger partial charge in [0, 0.05) is 19.3 Å². The van der Waals surface area contributed by atoms with Crippen molar-refractivity contribution in [3.05, 3.63) is 29.3 Å². The lowest BCUT2D eigenvalue weighted by Gasteiger charge is -2.23. The normalized spacial score (nSPS) is 15.7. The highest BCUT2D eigenvalue weighted by Crippen LogP contribution is 2.26. The van der Waals surface area contributed by atoms with Gasteiger partial charge in [0.1, 0.15) is 0 Å². The summed E-state index contributed by atoms with van der Waals surface area (Å²) in [6, 6.07) is 6.64. The van der Waals surface area contributed by atoms with Crippen molar-refractivity contribution in [3.8, 4) is 0 Å². The van der Waals surface area contributed by atoms with E-state index in [2.05, 4.69) is 23.1 Å². The van der Waals surface area contributed by atoms with Crippen LogP contribution in [0.4, 0.5) is 5.69 Å². The molecule has 3 nitrogen and oxygen atoms in total. The Labute approximate surface area is 103 Å². The predicted octanol–water partition coefficient (Wildman–Crippen LogP) is 1.32. The fraction of sp³-hybridized carbons (Fsp3) is 0.571. The average Bonchev–Trinajstić information content (AvgIpc) is 2.75. The first-order valence-electron chi connectivity index (χ1n) is 6.42. The van der Waals surface area contributed by atoms with Crippen LogP contribution in [0.3, 0.4) is 0 Å². The Hall–Kier alpha value is -1.06. The summed E-state index contributed by atoms with van der Waals surface area (Å²) in [6.45, 7) is 1.19. The Bertz CT molecular complexity index is 378. The third-order valence-corrected chi connectivity index (χ3v) is 3.51. The molecule has 0 fully saturated rings. The van der Waals surface area contributed by atoms with Crippen LogP contribution in [0, 0.1) is 0 Å². The standard InChI is InChI=1S/C14H22N2O/c1-16(10-14(17)7-8-15)13-6-5-11-3-2-4-12(11)9-13/h5-6,9,14,17H,2-4,7-8,10,15H2,1H3. The Morgan fingerprint density at radius 1 is 1.35 bits per heavy atom. The van der Waals surface area contributed by atoms with Crippen molar-refractivity contribution in [2.75, 3.05) is 25.0 Å². The van der Waals surface area contributed by atoms with Gasteiger partial charge in [-0.05, 0) is 55.5 Å². The molecule has 0 bridgehead atoms. The molecule has 1 atom stereocenters. The Balaban J connectivity index is 2.01. The van der Waals surface area contributed by atoms with Crippen LogP contribution in [0.1, 0.15) is 24.0 Å². The van der Waals surface area contributed by atoms with Crippen LogP contribution < -0.4 is 10.6 Å². The number of rotatable bonds is 5. The van der Waals surface area contributed by atoms with Crippen molar-refractivity contribution in [1.82, 2.24) is 0 Å². The molecule has 1 aliphatic carbocycles. The molecular formula is C14H22N2O. The zero-order chi connectivity index (χ0) is 12.3. The number of nitrogens with two attached hydrogens (primary N) is 1. The maximum Gasteiger partial charge on any atom is 0.0726 e. The van der Waals surface area contributed by atoms with Gasteiger partial charge in [-0.2, -0.15) is 0 Å². The molecule has 0 heterocycles. The van der Waals surface area contributed by atoms with Gasteiger partial charge in [-0.1, -0.05) is 6.07 Å². The smallest absolute Gasteiger partial charge is 0.0726 e. The highest BCUT2D eigenvalue weighted by atomic mass is 16.3. The van der Waals surface area contributed by atoms with Crippen molar-refractivity contribution in [2.24, 2.45) is 5.73 Å². The molecule has 0 radical (unpaired) electrons. The molecule has 0 aliphatic heterocycles. The lowest BCUT2D eigenvalue weighted by molar-refractivity contribution is 0.174. The van der Waals surface area contributed by atoms with Crippen LogP contribution in [0.2, 0.25) is 0 Å². The molecule has 0 amide bonds.